The Bertz CT molecular complexity index is 582. The summed E-state index contributed by atoms with van der Waals surface area (Å²) in [4.78, 5) is 15.8. The Kier molecular flexibility index (Phi) is 4.55. The highest BCUT2D eigenvalue weighted by Gasteiger charge is 2.05. The molecule has 1 aromatic heterocycles. The summed E-state index contributed by atoms with van der Waals surface area (Å²) in [6.45, 7) is 2.72. The van der Waals surface area contributed by atoms with Gasteiger partial charge in [0, 0.05) is 18.1 Å². The number of carbonyl (C=O) groups is 1. The van der Waals surface area contributed by atoms with E-state index in [-0.39, 0.29) is 5.91 Å². The molecule has 1 amide bonds. The molecule has 0 bridgehead atoms. The smallest absolute Gasteiger partial charge is 0.252 e. The molecular weight excluding hydrogens is 254 g/mol. The molecule has 2 rings (SSSR count). The molecular formula is C15H17N3O2. The molecule has 0 atom stereocenters. The van der Waals surface area contributed by atoms with Gasteiger partial charge in [0.1, 0.15) is 12.4 Å². The standard InChI is InChI=1S/C15H17N3O2/c1-11-8-12(10-17-9-11)15(19)18-6-7-20-14-4-2-13(16)3-5-14/h2-5,8-10H,6-7,16H2,1H3,(H,18,19). The first-order chi connectivity index (χ1) is 9.65. The zero-order chi connectivity index (χ0) is 14.4. The first-order valence-electron chi connectivity index (χ1n) is 6.33. The highest BCUT2D eigenvalue weighted by Crippen LogP contribution is 2.12. The fourth-order valence-electron chi connectivity index (χ4n) is 1.68. The summed E-state index contributed by atoms with van der Waals surface area (Å²) in [6.07, 6.45) is 3.25. The molecule has 0 fully saturated rings. The van der Waals surface area contributed by atoms with Gasteiger partial charge in [-0.2, -0.15) is 0 Å². The number of nitrogens with one attached hydrogen (secondary N) is 1. The molecule has 2 aromatic rings. The average Bonchev–Trinajstić information content (AvgIpc) is 2.45. The molecule has 3 N–H and O–H groups in total. The minimum atomic E-state index is -0.151. The Hall–Kier alpha value is -2.56. The van der Waals surface area contributed by atoms with Crippen molar-refractivity contribution < 1.29 is 9.53 Å². The van der Waals surface area contributed by atoms with Crippen molar-refractivity contribution in [3.8, 4) is 5.75 Å². The summed E-state index contributed by atoms with van der Waals surface area (Å²) in [7, 11) is 0. The lowest BCUT2D eigenvalue weighted by atomic mass is 10.2. The summed E-state index contributed by atoms with van der Waals surface area (Å²) in [5.41, 5.74) is 7.78. The average molecular weight is 271 g/mol. The van der Waals surface area contributed by atoms with Crippen LogP contribution in [-0.4, -0.2) is 24.0 Å². The number of nitrogen functional groups attached to an aromatic ring is 1. The van der Waals surface area contributed by atoms with Crippen LogP contribution in [0.1, 0.15) is 15.9 Å². The van der Waals surface area contributed by atoms with Crippen LogP contribution in [-0.2, 0) is 0 Å². The molecule has 20 heavy (non-hydrogen) atoms. The SMILES string of the molecule is Cc1cncc(C(=O)NCCOc2ccc(N)cc2)c1. The fourth-order valence-corrected chi connectivity index (χ4v) is 1.68. The number of hydrogen-bond acceptors (Lipinski definition) is 4. The Morgan fingerprint density at radius 1 is 1.30 bits per heavy atom. The van der Waals surface area contributed by atoms with Gasteiger partial charge in [-0.05, 0) is 42.8 Å². The molecule has 0 spiro atoms. The number of anilines is 1. The van der Waals surface area contributed by atoms with Crippen molar-refractivity contribution >= 4 is 11.6 Å². The van der Waals surface area contributed by atoms with E-state index in [9.17, 15) is 4.79 Å². The monoisotopic (exact) mass is 271 g/mol. The molecule has 0 radical (unpaired) electrons. The number of amides is 1. The van der Waals surface area contributed by atoms with Crippen molar-refractivity contribution in [2.45, 2.75) is 6.92 Å². The van der Waals surface area contributed by atoms with E-state index in [0.29, 0.717) is 24.4 Å². The van der Waals surface area contributed by atoms with Crippen LogP contribution in [0, 0.1) is 6.92 Å². The minimum Gasteiger partial charge on any atom is -0.492 e. The van der Waals surface area contributed by atoms with E-state index in [1.807, 2.05) is 6.92 Å². The third-order valence-corrected chi connectivity index (χ3v) is 2.67. The predicted molar refractivity (Wildman–Crippen MR) is 77.7 cm³/mol. The van der Waals surface area contributed by atoms with Gasteiger partial charge < -0.3 is 15.8 Å². The Balaban J connectivity index is 1.76. The number of aromatic nitrogens is 1. The van der Waals surface area contributed by atoms with Gasteiger partial charge in [0.05, 0.1) is 12.1 Å². The van der Waals surface area contributed by atoms with Crippen molar-refractivity contribution in [1.29, 1.82) is 0 Å². The minimum absolute atomic E-state index is 0.151. The third-order valence-electron chi connectivity index (χ3n) is 2.67. The van der Waals surface area contributed by atoms with Crippen LogP contribution in [0.4, 0.5) is 5.69 Å². The number of carbonyl (C=O) groups excluding carboxylic acids is 1. The van der Waals surface area contributed by atoms with Crippen LogP contribution >= 0.6 is 0 Å². The molecule has 5 nitrogen and oxygen atoms in total. The number of ether oxygens (including phenoxy) is 1. The lowest BCUT2D eigenvalue weighted by Crippen LogP contribution is -2.28. The zero-order valence-corrected chi connectivity index (χ0v) is 11.3. The van der Waals surface area contributed by atoms with Gasteiger partial charge in [0.25, 0.3) is 5.91 Å². The Morgan fingerprint density at radius 2 is 2.05 bits per heavy atom. The van der Waals surface area contributed by atoms with Crippen molar-refractivity contribution in [3.05, 3.63) is 53.9 Å². The number of hydrogen-bond donors (Lipinski definition) is 2. The van der Waals surface area contributed by atoms with Crippen molar-refractivity contribution in [2.75, 3.05) is 18.9 Å². The second-order valence-corrected chi connectivity index (χ2v) is 4.42. The van der Waals surface area contributed by atoms with E-state index >= 15 is 0 Å². The van der Waals surface area contributed by atoms with Crippen LogP contribution < -0.4 is 15.8 Å². The predicted octanol–water partition coefficient (Wildman–Crippen LogP) is 1.78. The van der Waals surface area contributed by atoms with Crippen molar-refractivity contribution in [1.82, 2.24) is 10.3 Å². The molecule has 104 valence electrons. The van der Waals surface area contributed by atoms with E-state index in [1.54, 1.807) is 42.7 Å². The first-order valence-corrected chi connectivity index (χ1v) is 6.33. The lowest BCUT2D eigenvalue weighted by molar-refractivity contribution is 0.0946. The van der Waals surface area contributed by atoms with Gasteiger partial charge in [-0.1, -0.05) is 0 Å². The van der Waals surface area contributed by atoms with Crippen molar-refractivity contribution in [2.24, 2.45) is 0 Å². The van der Waals surface area contributed by atoms with E-state index in [1.165, 1.54) is 0 Å². The molecule has 0 aliphatic heterocycles. The van der Waals surface area contributed by atoms with Crippen LogP contribution in [0.25, 0.3) is 0 Å². The molecule has 5 heteroatoms. The van der Waals surface area contributed by atoms with Gasteiger partial charge in [0.15, 0.2) is 0 Å². The number of nitrogens with two attached hydrogens (primary N) is 1. The molecule has 0 aliphatic rings. The van der Waals surface area contributed by atoms with Gasteiger partial charge >= 0.3 is 0 Å². The summed E-state index contributed by atoms with van der Waals surface area (Å²) in [6, 6.07) is 8.92. The number of nitrogens with zero attached hydrogens (tertiary/aromatic N) is 1. The molecule has 1 aromatic carbocycles. The maximum atomic E-state index is 11.8. The van der Waals surface area contributed by atoms with Crippen LogP contribution in [0.2, 0.25) is 0 Å². The maximum absolute atomic E-state index is 11.8. The van der Waals surface area contributed by atoms with Gasteiger partial charge in [0.2, 0.25) is 0 Å². The fraction of sp³-hybridized carbons (Fsp3) is 0.200. The lowest BCUT2D eigenvalue weighted by Gasteiger charge is -2.08. The van der Waals surface area contributed by atoms with Crippen molar-refractivity contribution in [3.63, 3.8) is 0 Å². The number of rotatable bonds is 5. The van der Waals surface area contributed by atoms with Gasteiger partial charge in [-0.3, -0.25) is 9.78 Å². The molecule has 0 saturated heterocycles. The number of benzene rings is 1. The number of pyridine rings is 1. The molecule has 1 heterocycles. The third kappa shape index (κ3) is 3.98. The van der Waals surface area contributed by atoms with Crippen LogP contribution in [0.5, 0.6) is 5.75 Å². The Morgan fingerprint density at radius 3 is 2.75 bits per heavy atom. The number of aryl methyl sites for hydroxylation is 1. The summed E-state index contributed by atoms with van der Waals surface area (Å²) in [5.74, 6) is 0.577. The molecule has 0 aliphatic carbocycles. The largest absolute Gasteiger partial charge is 0.492 e. The van der Waals surface area contributed by atoms with Crippen LogP contribution in [0.15, 0.2) is 42.7 Å². The van der Waals surface area contributed by atoms with E-state index in [2.05, 4.69) is 10.3 Å². The summed E-state index contributed by atoms with van der Waals surface area (Å²) >= 11 is 0. The maximum Gasteiger partial charge on any atom is 0.252 e. The summed E-state index contributed by atoms with van der Waals surface area (Å²) in [5, 5.41) is 2.78. The zero-order valence-electron chi connectivity index (χ0n) is 11.3. The normalized spacial score (nSPS) is 10.1. The first kappa shape index (κ1) is 13.9. The van der Waals surface area contributed by atoms with Crippen LogP contribution in [0.3, 0.4) is 0 Å². The molecule has 0 unspecified atom stereocenters. The second kappa shape index (κ2) is 6.56. The van der Waals surface area contributed by atoms with E-state index in [0.717, 1.165) is 11.3 Å². The van der Waals surface area contributed by atoms with E-state index < -0.39 is 0 Å². The molecule has 0 saturated carbocycles. The quantitative estimate of drug-likeness (QED) is 0.642. The van der Waals surface area contributed by atoms with Gasteiger partial charge in [-0.15, -0.1) is 0 Å². The highest BCUT2D eigenvalue weighted by atomic mass is 16.5. The Labute approximate surface area is 117 Å². The summed E-state index contributed by atoms with van der Waals surface area (Å²) < 4.78 is 5.49. The van der Waals surface area contributed by atoms with E-state index in [4.69, 9.17) is 10.5 Å². The van der Waals surface area contributed by atoms with Gasteiger partial charge in [-0.25, -0.2) is 0 Å². The topological polar surface area (TPSA) is 77.2 Å². The second-order valence-electron chi connectivity index (χ2n) is 4.42. The highest BCUT2D eigenvalue weighted by molar-refractivity contribution is 5.93.